The van der Waals surface area contributed by atoms with Gasteiger partial charge >= 0.3 is 5.97 Å². The molecule has 0 saturated heterocycles. The molecule has 0 fully saturated rings. The van der Waals surface area contributed by atoms with Crippen molar-refractivity contribution in [1.82, 2.24) is 14.6 Å². The van der Waals surface area contributed by atoms with Crippen molar-refractivity contribution in [2.75, 3.05) is 6.61 Å². The van der Waals surface area contributed by atoms with Gasteiger partial charge in [0.25, 0.3) is 5.56 Å². The summed E-state index contributed by atoms with van der Waals surface area (Å²) in [5.74, 6) is -0.414. The van der Waals surface area contributed by atoms with Gasteiger partial charge in [0.05, 0.1) is 18.6 Å². The van der Waals surface area contributed by atoms with Gasteiger partial charge in [-0.2, -0.15) is 0 Å². The lowest BCUT2D eigenvalue weighted by Crippen LogP contribution is -2.24. The number of nitrogens with zero attached hydrogens (tertiary/aromatic N) is 2. The van der Waals surface area contributed by atoms with Gasteiger partial charge in [-0.15, -0.1) is 0 Å². The minimum atomic E-state index is -0.414. The van der Waals surface area contributed by atoms with Crippen LogP contribution in [0.1, 0.15) is 23.9 Å². The number of carbonyl (C=O) groups excluding carboxylic acids is 1. The number of aryl methyl sites for hydroxylation is 2. The van der Waals surface area contributed by atoms with Crippen LogP contribution in [-0.4, -0.2) is 27.2 Å². The van der Waals surface area contributed by atoms with E-state index in [9.17, 15) is 9.59 Å². The topological polar surface area (TPSA) is 76.5 Å². The van der Waals surface area contributed by atoms with E-state index < -0.39 is 5.97 Å². The SMILES string of the molecule is CCOC(=O)Cc1c(C)nc2cc(C)[nH]n2c1=O. The Hall–Kier alpha value is -2.11. The standard InChI is InChI=1S/C12H15N3O3/c1-4-18-11(16)6-9-8(3)13-10-5-7(2)14-15(10)12(9)17/h5,14H,4,6H2,1-3H3. The summed E-state index contributed by atoms with van der Waals surface area (Å²) in [7, 11) is 0. The number of esters is 1. The molecule has 0 aliphatic rings. The minimum Gasteiger partial charge on any atom is -0.466 e. The average molecular weight is 249 g/mol. The van der Waals surface area contributed by atoms with Crippen LogP contribution in [0.5, 0.6) is 0 Å². The second-order valence-electron chi connectivity index (χ2n) is 4.10. The lowest BCUT2D eigenvalue weighted by molar-refractivity contribution is -0.142. The number of H-pyrrole nitrogens is 1. The number of aromatic amines is 1. The molecule has 2 heterocycles. The zero-order valence-electron chi connectivity index (χ0n) is 10.6. The summed E-state index contributed by atoms with van der Waals surface area (Å²) in [5, 5.41) is 2.89. The van der Waals surface area contributed by atoms with Crippen LogP contribution >= 0.6 is 0 Å². The smallest absolute Gasteiger partial charge is 0.310 e. The molecular formula is C12H15N3O3. The first kappa shape index (κ1) is 12.3. The number of aromatic nitrogens is 3. The maximum absolute atomic E-state index is 12.2. The molecule has 0 radical (unpaired) electrons. The number of fused-ring (bicyclic) bond motifs is 1. The zero-order chi connectivity index (χ0) is 13.3. The number of nitrogens with one attached hydrogen (secondary N) is 1. The van der Waals surface area contributed by atoms with Crippen LogP contribution in [0.25, 0.3) is 5.65 Å². The van der Waals surface area contributed by atoms with Crippen molar-refractivity contribution >= 4 is 11.6 Å². The molecular weight excluding hydrogens is 234 g/mol. The Morgan fingerprint density at radius 1 is 1.50 bits per heavy atom. The lowest BCUT2D eigenvalue weighted by Gasteiger charge is -2.05. The molecule has 0 unspecified atom stereocenters. The van der Waals surface area contributed by atoms with E-state index >= 15 is 0 Å². The van der Waals surface area contributed by atoms with Crippen molar-refractivity contribution in [3.8, 4) is 0 Å². The Balaban J connectivity index is 2.50. The van der Waals surface area contributed by atoms with Gasteiger partial charge in [0, 0.05) is 17.5 Å². The first-order chi connectivity index (χ1) is 8.52. The number of hydrogen-bond donors (Lipinski definition) is 1. The van der Waals surface area contributed by atoms with Gasteiger partial charge < -0.3 is 4.74 Å². The van der Waals surface area contributed by atoms with Gasteiger partial charge in [0.15, 0.2) is 5.65 Å². The molecule has 18 heavy (non-hydrogen) atoms. The third-order valence-corrected chi connectivity index (χ3v) is 2.67. The van der Waals surface area contributed by atoms with Crippen molar-refractivity contribution in [2.45, 2.75) is 27.2 Å². The van der Waals surface area contributed by atoms with Gasteiger partial charge in [-0.3, -0.25) is 14.7 Å². The molecule has 2 aromatic heterocycles. The third kappa shape index (κ3) is 2.13. The predicted octanol–water partition coefficient (Wildman–Crippen LogP) is 0.745. The highest BCUT2D eigenvalue weighted by molar-refractivity contribution is 5.72. The molecule has 6 heteroatoms. The fourth-order valence-electron chi connectivity index (χ4n) is 1.85. The summed E-state index contributed by atoms with van der Waals surface area (Å²) < 4.78 is 6.19. The molecule has 0 spiro atoms. The van der Waals surface area contributed by atoms with Crippen molar-refractivity contribution in [2.24, 2.45) is 0 Å². The van der Waals surface area contributed by atoms with Gasteiger partial charge in [-0.05, 0) is 20.8 Å². The Morgan fingerprint density at radius 3 is 2.89 bits per heavy atom. The van der Waals surface area contributed by atoms with Crippen LogP contribution in [0.3, 0.4) is 0 Å². The summed E-state index contributed by atoms with van der Waals surface area (Å²) in [6, 6.07) is 1.78. The number of hydrogen-bond acceptors (Lipinski definition) is 4. The molecule has 0 aliphatic carbocycles. The normalized spacial score (nSPS) is 10.8. The summed E-state index contributed by atoms with van der Waals surface area (Å²) >= 11 is 0. The molecule has 2 rings (SSSR count). The Labute approximate surface area is 104 Å². The maximum atomic E-state index is 12.2. The Bertz CT molecular complexity index is 654. The quantitative estimate of drug-likeness (QED) is 0.814. The summed E-state index contributed by atoms with van der Waals surface area (Å²) in [4.78, 5) is 27.9. The molecule has 0 bridgehead atoms. The molecule has 96 valence electrons. The fourth-order valence-corrected chi connectivity index (χ4v) is 1.85. The van der Waals surface area contributed by atoms with Crippen LogP contribution < -0.4 is 5.56 Å². The number of ether oxygens (including phenoxy) is 1. The van der Waals surface area contributed by atoms with Crippen molar-refractivity contribution < 1.29 is 9.53 Å². The summed E-state index contributed by atoms with van der Waals surface area (Å²) in [6.07, 6.45) is -0.0491. The van der Waals surface area contributed by atoms with Crippen molar-refractivity contribution in [3.63, 3.8) is 0 Å². The van der Waals surface area contributed by atoms with E-state index in [1.54, 1.807) is 19.9 Å². The van der Waals surface area contributed by atoms with Crippen LogP contribution in [0, 0.1) is 13.8 Å². The molecule has 0 aromatic carbocycles. The van der Waals surface area contributed by atoms with Gasteiger partial charge in [0.2, 0.25) is 0 Å². The number of rotatable bonds is 3. The predicted molar refractivity (Wildman–Crippen MR) is 65.6 cm³/mol. The van der Waals surface area contributed by atoms with E-state index in [1.165, 1.54) is 4.52 Å². The minimum absolute atomic E-state index is 0.0491. The zero-order valence-corrected chi connectivity index (χ0v) is 10.6. The molecule has 0 aliphatic heterocycles. The van der Waals surface area contributed by atoms with Gasteiger partial charge in [-0.1, -0.05) is 0 Å². The van der Waals surface area contributed by atoms with E-state index in [4.69, 9.17) is 4.74 Å². The first-order valence-corrected chi connectivity index (χ1v) is 5.76. The summed E-state index contributed by atoms with van der Waals surface area (Å²) in [6.45, 7) is 5.59. The van der Waals surface area contributed by atoms with E-state index in [1.807, 2.05) is 6.92 Å². The third-order valence-electron chi connectivity index (χ3n) is 2.67. The largest absolute Gasteiger partial charge is 0.466 e. The van der Waals surface area contributed by atoms with Gasteiger partial charge in [-0.25, -0.2) is 9.50 Å². The second kappa shape index (κ2) is 4.64. The van der Waals surface area contributed by atoms with Crippen LogP contribution in [0.2, 0.25) is 0 Å². The fraction of sp³-hybridized carbons (Fsp3) is 0.417. The van der Waals surface area contributed by atoms with Crippen LogP contribution in [-0.2, 0) is 16.0 Å². The summed E-state index contributed by atoms with van der Waals surface area (Å²) in [5.41, 5.74) is 2.08. The van der Waals surface area contributed by atoms with Crippen LogP contribution in [0.4, 0.5) is 0 Å². The molecule has 0 amide bonds. The molecule has 2 aromatic rings. The van der Waals surface area contributed by atoms with Crippen molar-refractivity contribution in [1.29, 1.82) is 0 Å². The van der Waals surface area contributed by atoms with Crippen LogP contribution in [0.15, 0.2) is 10.9 Å². The highest BCUT2D eigenvalue weighted by Crippen LogP contribution is 2.06. The van der Waals surface area contributed by atoms with E-state index in [0.29, 0.717) is 23.5 Å². The number of carbonyl (C=O) groups is 1. The van der Waals surface area contributed by atoms with Crippen molar-refractivity contribution in [3.05, 3.63) is 33.4 Å². The monoisotopic (exact) mass is 249 g/mol. The molecule has 0 saturated carbocycles. The Kier molecular flexibility index (Phi) is 3.18. The molecule has 1 N–H and O–H groups in total. The first-order valence-electron chi connectivity index (χ1n) is 5.76. The molecule has 6 nitrogen and oxygen atoms in total. The highest BCUT2D eigenvalue weighted by Gasteiger charge is 2.15. The van der Waals surface area contributed by atoms with Gasteiger partial charge in [0.1, 0.15) is 0 Å². The Morgan fingerprint density at radius 2 is 2.22 bits per heavy atom. The highest BCUT2D eigenvalue weighted by atomic mass is 16.5. The van der Waals surface area contributed by atoms with E-state index in [-0.39, 0.29) is 12.0 Å². The van der Waals surface area contributed by atoms with E-state index in [0.717, 1.165) is 5.69 Å². The molecule has 0 atom stereocenters. The average Bonchev–Trinajstić information content (AvgIpc) is 2.65. The maximum Gasteiger partial charge on any atom is 0.310 e. The second-order valence-corrected chi connectivity index (χ2v) is 4.10. The lowest BCUT2D eigenvalue weighted by atomic mass is 10.2. The van der Waals surface area contributed by atoms with E-state index in [2.05, 4.69) is 10.1 Å².